The van der Waals surface area contributed by atoms with Gasteiger partial charge in [-0.05, 0) is 18.1 Å². The Kier molecular flexibility index (Phi) is 3.64. The molecule has 2 aromatic rings. The van der Waals surface area contributed by atoms with Crippen molar-refractivity contribution >= 4 is 15.9 Å². The lowest BCUT2D eigenvalue weighted by molar-refractivity contribution is 0.689. The van der Waals surface area contributed by atoms with E-state index in [-0.39, 0.29) is 6.04 Å². The van der Waals surface area contributed by atoms with Crippen molar-refractivity contribution < 1.29 is 0 Å². The fraction of sp³-hybridized carbons (Fsp3) is 0.167. The van der Waals surface area contributed by atoms with E-state index < -0.39 is 0 Å². The van der Waals surface area contributed by atoms with E-state index in [1.54, 1.807) is 18.6 Å². The van der Waals surface area contributed by atoms with Gasteiger partial charge in [-0.15, -0.1) is 0 Å². The molecule has 0 aliphatic heterocycles. The summed E-state index contributed by atoms with van der Waals surface area (Å²) in [6, 6.07) is 7.94. The predicted octanol–water partition coefficient (Wildman–Crippen LogP) is 2.48. The van der Waals surface area contributed by atoms with Crippen LogP contribution in [0, 0.1) is 0 Å². The Morgan fingerprint density at radius 1 is 1.25 bits per heavy atom. The molecule has 0 aliphatic carbocycles. The second-order valence-corrected chi connectivity index (χ2v) is 4.39. The lowest BCUT2D eigenvalue weighted by Gasteiger charge is -2.11. The van der Waals surface area contributed by atoms with E-state index in [0.717, 1.165) is 16.6 Å². The summed E-state index contributed by atoms with van der Waals surface area (Å²) in [6.07, 6.45) is 5.77. The van der Waals surface area contributed by atoms with Gasteiger partial charge in [0.1, 0.15) is 0 Å². The minimum Gasteiger partial charge on any atom is -0.322 e. The average Bonchev–Trinajstić information content (AvgIpc) is 2.33. The Labute approximate surface area is 103 Å². The molecule has 2 rings (SSSR count). The molecule has 0 spiro atoms. The highest BCUT2D eigenvalue weighted by atomic mass is 79.9. The summed E-state index contributed by atoms with van der Waals surface area (Å²) in [5.74, 6) is 0. The third kappa shape index (κ3) is 2.65. The van der Waals surface area contributed by atoms with E-state index in [0.29, 0.717) is 0 Å². The van der Waals surface area contributed by atoms with Crippen LogP contribution in [0.25, 0.3) is 0 Å². The van der Waals surface area contributed by atoms with Crippen LogP contribution in [0.3, 0.4) is 0 Å². The summed E-state index contributed by atoms with van der Waals surface area (Å²) in [5, 5.41) is 0. The number of hydrogen-bond acceptors (Lipinski definition) is 3. The average molecular weight is 278 g/mol. The standard InChI is InChI=1S/C12H12BrN3/c13-10-4-2-1-3-9(10)7-11(14)12-8-15-5-6-16-12/h1-6,8,11H,7,14H2. The molecule has 0 radical (unpaired) electrons. The van der Waals surface area contributed by atoms with Crippen LogP contribution in [0.15, 0.2) is 47.3 Å². The van der Waals surface area contributed by atoms with Gasteiger partial charge in [0.25, 0.3) is 0 Å². The number of hydrogen-bond donors (Lipinski definition) is 1. The molecule has 0 aliphatic rings. The van der Waals surface area contributed by atoms with Gasteiger partial charge in [-0.25, -0.2) is 0 Å². The summed E-state index contributed by atoms with van der Waals surface area (Å²) < 4.78 is 1.08. The van der Waals surface area contributed by atoms with Gasteiger partial charge in [0.15, 0.2) is 0 Å². The van der Waals surface area contributed by atoms with E-state index in [2.05, 4.69) is 32.0 Å². The molecule has 1 unspecified atom stereocenters. The lowest BCUT2D eigenvalue weighted by Crippen LogP contribution is -2.15. The number of aromatic nitrogens is 2. The van der Waals surface area contributed by atoms with Crippen LogP contribution in [0.4, 0.5) is 0 Å². The lowest BCUT2D eigenvalue weighted by atomic mass is 10.0. The first-order valence-electron chi connectivity index (χ1n) is 5.02. The van der Waals surface area contributed by atoms with Crippen LogP contribution >= 0.6 is 15.9 Å². The van der Waals surface area contributed by atoms with E-state index in [1.165, 1.54) is 5.56 Å². The fourth-order valence-electron chi connectivity index (χ4n) is 1.51. The zero-order valence-corrected chi connectivity index (χ0v) is 10.3. The minimum atomic E-state index is -0.118. The Balaban J connectivity index is 2.14. The molecule has 2 N–H and O–H groups in total. The van der Waals surface area contributed by atoms with Crippen LogP contribution in [-0.2, 0) is 6.42 Å². The van der Waals surface area contributed by atoms with Gasteiger partial charge in [0.2, 0.25) is 0 Å². The molecule has 82 valence electrons. The number of nitrogens with two attached hydrogens (primary N) is 1. The van der Waals surface area contributed by atoms with E-state index >= 15 is 0 Å². The molecule has 4 heteroatoms. The first-order valence-corrected chi connectivity index (χ1v) is 5.81. The summed E-state index contributed by atoms with van der Waals surface area (Å²) in [6.45, 7) is 0. The fourth-order valence-corrected chi connectivity index (χ4v) is 1.95. The maximum atomic E-state index is 6.07. The van der Waals surface area contributed by atoms with E-state index in [4.69, 9.17) is 5.73 Å². The van der Waals surface area contributed by atoms with Gasteiger partial charge in [-0.1, -0.05) is 34.1 Å². The van der Waals surface area contributed by atoms with Crippen LogP contribution in [0.2, 0.25) is 0 Å². The molecule has 16 heavy (non-hydrogen) atoms. The second-order valence-electron chi connectivity index (χ2n) is 3.53. The molecular weight excluding hydrogens is 266 g/mol. The maximum absolute atomic E-state index is 6.07. The van der Waals surface area contributed by atoms with Crippen molar-refractivity contribution in [1.29, 1.82) is 0 Å². The zero-order valence-electron chi connectivity index (χ0n) is 8.68. The first-order chi connectivity index (χ1) is 7.77. The van der Waals surface area contributed by atoms with Gasteiger partial charge in [0.05, 0.1) is 11.7 Å². The topological polar surface area (TPSA) is 51.8 Å². The molecule has 0 saturated heterocycles. The molecule has 0 saturated carbocycles. The molecular formula is C12H12BrN3. The first kappa shape index (κ1) is 11.2. The maximum Gasteiger partial charge on any atom is 0.0757 e. The Hall–Kier alpha value is -1.26. The molecule has 3 nitrogen and oxygen atoms in total. The van der Waals surface area contributed by atoms with Gasteiger partial charge in [0, 0.05) is 23.1 Å². The van der Waals surface area contributed by atoms with E-state index in [9.17, 15) is 0 Å². The molecule has 0 bridgehead atoms. The number of halogens is 1. The van der Waals surface area contributed by atoms with E-state index in [1.807, 2.05) is 18.2 Å². The van der Waals surface area contributed by atoms with Gasteiger partial charge >= 0.3 is 0 Å². The van der Waals surface area contributed by atoms with Crippen molar-refractivity contribution in [3.8, 4) is 0 Å². The monoisotopic (exact) mass is 277 g/mol. The van der Waals surface area contributed by atoms with Gasteiger partial charge in [-0.3, -0.25) is 9.97 Å². The van der Waals surface area contributed by atoms with Crippen molar-refractivity contribution in [1.82, 2.24) is 9.97 Å². The quantitative estimate of drug-likeness (QED) is 0.938. The molecule has 0 amide bonds. The second kappa shape index (κ2) is 5.18. The van der Waals surface area contributed by atoms with Crippen molar-refractivity contribution in [3.63, 3.8) is 0 Å². The number of nitrogens with zero attached hydrogens (tertiary/aromatic N) is 2. The van der Waals surface area contributed by atoms with Crippen LogP contribution < -0.4 is 5.73 Å². The summed E-state index contributed by atoms with van der Waals surface area (Å²) in [4.78, 5) is 8.22. The highest BCUT2D eigenvalue weighted by Gasteiger charge is 2.09. The van der Waals surface area contributed by atoms with Crippen molar-refractivity contribution in [2.45, 2.75) is 12.5 Å². The molecule has 1 atom stereocenters. The summed E-state index contributed by atoms with van der Waals surface area (Å²) in [7, 11) is 0. The smallest absolute Gasteiger partial charge is 0.0757 e. The van der Waals surface area contributed by atoms with Crippen molar-refractivity contribution in [2.75, 3.05) is 0 Å². The number of rotatable bonds is 3. The largest absolute Gasteiger partial charge is 0.322 e. The van der Waals surface area contributed by atoms with Crippen LogP contribution in [0.1, 0.15) is 17.3 Å². The normalized spacial score (nSPS) is 12.4. The summed E-state index contributed by atoms with van der Waals surface area (Å²) >= 11 is 3.51. The Morgan fingerprint density at radius 2 is 2.06 bits per heavy atom. The molecule has 1 aromatic heterocycles. The molecule has 1 aromatic carbocycles. The Morgan fingerprint density at radius 3 is 2.75 bits per heavy atom. The predicted molar refractivity (Wildman–Crippen MR) is 66.8 cm³/mol. The van der Waals surface area contributed by atoms with Crippen LogP contribution in [-0.4, -0.2) is 9.97 Å². The van der Waals surface area contributed by atoms with Gasteiger partial charge < -0.3 is 5.73 Å². The van der Waals surface area contributed by atoms with Crippen molar-refractivity contribution in [3.05, 3.63) is 58.6 Å². The third-order valence-electron chi connectivity index (χ3n) is 2.36. The SMILES string of the molecule is NC(Cc1ccccc1Br)c1cnccn1. The van der Waals surface area contributed by atoms with Crippen LogP contribution in [0.5, 0.6) is 0 Å². The molecule has 1 heterocycles. The minimum absolute atomic E-state index is 0.118. The van der Waals surface area contributed by atoms with Crippen molar-refractivity contribution in [2.24, 2.45) is 5.73 Å². The third-order valence-corrected chi connectivity index (χ3v) is 3.13. The number of benzene rings is 1. The molecule has 0 fully saturated rings. The van der Waals surface area contributed by atoms with Gasteiger partial charge in [-0.2, -0.15) is 0 Å². The highest BCUT2D eigenvalue weighted by molar-refractivity contribution is 9.10. The highest BCUT2D eigenvalue weighted by Crippen LogP contribution is 2.20. The zero-order chi connectivity index (χ0) is 11.4. The Bertz CT molecular complexity index is 459. The summed E-state index contributed by atoms with van der Waals surface area (Å²) in [5.41, 5.74) is 8.07.